The molecule has 1 aliphatic heterocycles. The van der Waals surface area contributed by atoms with Crippen molar-refractivity contribution in [1.82, 2.24) is 4.98 Å². The summed E-state index contributed by atoms with van der Waals surface area (Å²) in [5, 5.41) is 3.67. The molecule has 1 aromatic heterocycles. The third-order valence-corrected chi connectivity index (χ3v) is 6.57. The summed E-state index contributed by atoms with van der Waals surface area (Å²) in [5.41, 5.74) is 2.18. The zero-order chi connectivity index (χ0) is 23.4. The van der Waals surface area contributed by atoms with Crippen LogP contribution < -0.4 is 14.9 Å². The van der Waals surface area contributed by atoms with E-state index in [1.54, 1.807) is 35.2 Å². The molecular weight excluding hydrogens is 446 g/mol. The summed E-state index contributed by atoms with van der Waals surface area (Å²) in [6.45, 7) is 2.34. The van der Waals surface area contributed by atoms with Crippen molar-refractivity contribution >= 4 is 45.4 Å². The highest BCUT2D eigenvalue weighted by atomic mass is 32.2. The quantitative estimate of drug-likeness (QED) is 0.482. The number of hydrogen-bond donors (Lipinski definition) is 2. The van der Waals surface area contributed by atoms with Gasteiger partial charge in [0, 0.05) is 37.0 Å². The fraction of sp³-hybridized carbons (Fsp3) is 0.333. The van der Waals surface area contributed by atoms with Crippen LogP contribution in [0.3, 0.4) is 0 Å². The minimum atomic E-state index is -2.71. The van der Waals surface area contributed by atoms with E-state index < -0.39 is 17.3 Å². The number of benzene rings is 2. The van der Waals surface area contributed by atoms with Gasteiger partial charge >= 0.3 is 0 Å². The van der Waals surface area contributed by atoms with Crippen LogP contribution >= 0.6 is 0 Å². The van der Waals surface area contributed by atoms with Crippen LogP contribution in [-0.2, 0) is 11.4 Å². The Kier molecular flexibility index (Phi) is 6.99. The van der Waals surface area contributed by atoms with Crippen LogP contribution in [0.2, 0.25) is 0 Å². The Bertz CT molecular complexity index is 1140. The van der Waals surface area contributed by atoms with E-state index in [9.17, 15) is 18.1 Å². The van der Waals surface area contributed by atoms with E-state index >= 15 is 0 Å². The molecule has 1 saturated heterocycles. The first-order chi connectivity index (χ1) is 15.8. The maximum Gasteiger partial charge on any atom is 0.259 e. The fourth-order valence-electron chi connectivity index (χ4n) is 3.85. The number of fused-ring (bicyclic) bond motifs is 1. The van der Waals surface area contributed by atoms with Crippen LogP contribution in [0.4, 0.5) is 26.0 Å². The summed E-state index contributed by atoms with van der Waals surface area (Å²) >= 11 is -1.21. The number of anilines is 3. The summed E-state index contributed by atoms with van der Waals surface area (Å²) in [7, 11) is 0. The molecule has 4 rings (SSSR count). The van der Waals surface area contributed by atoms with Gasteiger partial charge in [-0.05, 0) is 43.7 Å². The Morgan fingerprint density at radius 1 is 1.12 bits per heavy atom. The average Bonchev–Trinajstić information content (AvgIpc) is 2.98. The Morgan fingerprint density at radius 2 is 1.91 bits per heavy atom. The van der Waals surface area contributed by atoms with Crippen molar-refractivity contribution in [2.24, 2.45) is 0 Å². The summed E-state index contributed by atoms with van der Waals surface area (Å²) in [6.07, 6.45) is -0.118. The monoisotopic (exact) mass is 472 g/mol. The molecule has 0 spiro atoms. The molecule has 0 aliphatic carbocycles. The van der Waals surface area contributed by atoms with Crippen molar-refractivity contribution in [3.8, 4) is 0 Å². The van der Waals surface area contributed by atoms with Crippen molar-refractivity contribution in [3.05, 3.63) is 60.2 Å². The molecule has 1 amide bonds. The normalized spacial score (nSPS) is 16.8. The van der Waals surface area contributed by atoms with Crippen LogP contribution in [0.1, 0.15) is 36.5 Å². The highest BCUT2D eigenvalue weighted by Gasteiger charge is 2.33. The Hall–Kier alpha value is -2.91. The molecule has 2 aromatic carbocycles. The van der Waals surface area contributed by atoms with Gasteiger partial charge in [0.15, 0.2) is 0 Å². The van der Waals surface area contributed by atoms with Gasteiger partial charge in [0.1, 0.15) is 11.6 Å². The predicted molar refractivity (Wildman–Crippen MR) is 129 cm³/mol. The van der Waals surface area contributed by atoms with E-state index in [4.69, 9.17) is 0 Å². The van der Waals surface area contributed by atoms with E-state index in [1.165, 1.54) is 0 Å². The molecule has 2 N–H and O–H groups in total. The minimum absolute atomic E-state index is 0.126. The van der Waals surface area contributed by atoms with Gasteiger partial charge in [-0.15, -0.1) is 0 Å². The summed E-state index contributed by atoms with van der Waals surface area (Å²) in [4.78, 5) is 19.8. The molecule has 1 fully saturated rings. The molecule has 1 unspecified atom stereocenters. The van der Waals surface area contributed by atoms with Crippen LogP contribution in [0.15, 0.2) is 54.6 Å². The molecule has 1 aliphatic rings. The number of nitrogens with zero attached hydrogens (tertiary/aromatic N) is 2. The van der Waals surface area contributed by atoms with Crippen LogP contribution in [0.25, 0.3) is 10.9 Å². The first-order valence-corrected chi connectivity index (χ1v) is 12.3. The van der Waals surface area contributed by atoms with Gasteiger partial charge in [-0.25, -0.2) is 18.5 Å². The van der Waals surface area contributed by atoms with Crippen molar-refractivity contribution in [2.75, 3.05) is 33.8 Å². The molecule has 174 valence electrons. The predicted octanol–water partition coefficient (Wildman–Crippen LogP) is 5.21. The van der Waals surface area contributed by atoms with Crippen molar-refractivity contribution in [2.45, 2.75) is 32.1 Å². The van der Waals surface area contributed by atoms with E-state index in [-0.39, 0.29) is 25.3 Å². The lowest BCUT2D eigenvalue weighted by Crippen LogP contribution is -2.29. The van der Waals surface area contributed by atoms with Gasteiger partial charge in [-0.3, -0.25) is 4.79 Å². The van der Waals surface area contributed by atoms with E-state index in [0.717, 1.165) is 5.39 Å². The number of alkyl halides is 2. The Labute approximate surface area is 194 Å². The molecule has 0 radical (unpaired) electrons. The third kappa shape index (κ3) is 5.72. The maximum atomic E-state index is 14.0. The Morgan fingerprint density at radius 3 is 2.73 bits per heavy atom. The molecule has 0 bridgehead atoms. The molecule has 0 saturated carbocycles. The first kappa shape index (κ1) is 23.3. The lowest BCUT2D eigenvalue weighted by Gasteiger charge is -2.24. The maximum absolute atomic E-state index is 14.0. The second-order valence-electron chi connectivity index (χ2n) is 8.02. The largest absolute Gasteiger partial charge is 0.593 e. The number of carbonyl (C=O) groups is 1. The molecule has 33 heavy (non-hydrogen) atoms. The molecule has 1 atom stereocenters. The van der Waals surface area contributed by atoms with Crippen LogP contribution in [0, 0.1) is 0 Å². The number of para-hydroxylation sites is 1. The topological polar surface area (TPSA) is 80.3 Å². The van der Waals surface area contributed by atoms with Gasteiger partial charge in [-0.2, -0.15) is 0 Å². The van der Waals surface area contributed by atoms with E-state index in [2.05, 4.69) is 15.0 Å². The van der Waals surface area contributed by atoms with Gasteiger partial charge in [-0.1, -0.05) is 24.3 Å². The Balaban J connectivity index is 1.65. The minimum Gasteiger partial charge on any atom is -0.593 e. The second kappa shape index (κ2) is 9.93. The van der Waals surface area contributed by atoms with Crippen molar-refractivity contribution < 1.29 is 18.1 Å². The molecule has 6 nitrogen and oxygen atoms in total. The number of aromatic nitrogens is 1. The van der Waals surface area contributed by atoms with Crippen LogP contribution in [-0.4, -0.2) is 40.2 Å². The van der Waals surface area contributed by atoms with E-state index in [1.807, 2.05) is 31.2 Å². The number of carbonyl (C=O) groups excluding carboxylic acids is 1. The van der Waals surface area contributed by atoms with Crippen molar-refractivity contribution in [1.29, 1.82) is 0 Å². The number of pyridine rings is 1. The number of halogens is 2. The highest BCUT2D eigenvalue weighted by Crippen LogP contribution is 2.32. The molecular formula is C24H26F2N4O2S. The molecule has 3 aromatic rings. The van der Waals surface area contributed by atoms with Gasteiger partial charge in [0.05, 0.1) is 28.1 Å². The number of nitrogens with one attached hydrogen (secondary N) is 2. The summed E-state index contributed by atoms with van der Waals surface area (Å²) in [5.74, 6) is -2.23. The standard InChI is InChI=1S/C24H26F2N4O2S/c1-2-33(32)29-19-9-5-8-18(16-19)27-23(31)20-15-17-7-3-4-10-21(17)28-22(20)30-13-6-11-24(25,26)12-14-30/h3-5,7-10,15-16,29H,2,6,11-14H2,1H3,(H,27,31). The first-order valence-electron chi connectivity index (χ1n) is 10.9. The summed E-state index contributed by atoms with van der Waals surface area (Å²) < 4.78 is 42.6. The van der Waals surface area contributed by atoms with Gasteiger partial charge in [0.25, 0.3) is 5.91 Å². The SMILES string of the molecule is CC[S+]([O-])Nc1cccc(NC(=O)c2cc3ccccc3nc2N2CCCC(F)(F)CC2)c1. The number of rotatable bonds is 6. The van der Waals surface area contributed by atoms with E-state index in [0.29, 0.717) is 47.0 Å². The zero-order valence-corrected chi connectivity index (χ0v) is 19.1. The average molecular weight is 473 g/mol. The number of hydrogen-bond acceptors (Lipinski definition) is 5. The lowest BCUT2D eigenvalue weighted by atomic mass is 10.1. The number of amides is 1. The lowest BCUT2D eigenvalue weighted by molar-refractivity contribution is -0.0102. The molecule has 9 heteroatoms. The zero-order valence-electron chi connectivity index (χ0n) is 18.3. The highest BCUT2D eigenvalue weighted by molar-refractivity contribution is 7.92. The fourth-order valence-corrected chi connectivity index (χ4v) is 4.39. The van der Waals surface area contributed by atoms with Crippen molar-refractivity contribution in [3.63, 3.8) is 0 Å². The molecule has 2 heterocycles. The second-order valence-corrected chi connectivity index (χ2v) is 9.49. The smallest absolute Gasteiger partial charge is 0.259 e. The van der Waals surface area contributed by atoms with Gasteiger partial charge in [0.2, 0.25) is 5.92 Å². The third-order valence-electron chi connectivity index (χ3n) is 5.58. The summed E-state index contributed by atoms with van der Waals surface area (Å²) in [6, 6.07) is 16.1. The van der Waals surface area contributed by atoms with Gasteiger partial charge < -0.3 is 14.8 Å². The van der Waals surface area contributed by atoms with Crippen LogP contribution in [0.5, 0.6) is 0 Å².